The predicted molar refractivity (Wildman–Crippen MR) is 177 cm³/mol. The molecule has 1 atom stereocenters. The highest BCUT2D eigenvalue weighted by Gasteiger charge is 2.39. The lowest BCUT2D eigenvalue weighted by atomic mass is 10.0. The Morgan fingerprint density at radius 1 is 0.795 bits per heavy atom. The maximum absolute atomic E-state index is 14.2. The van der Waals surface area contributed by atoms with E-state index in [1.54, 1.807) is 4.90 Å². The van der Waals surface area contributed by atoms with Crippen molar-refractivity contribution in [1.29, 1.82) is 0 Å². The largest absolute Gasteiger partial charge is 0.341 e. The Morgan fingerprint density at radius 2 is 1.41 bits per heavy atom. The van der Waals surface area contributed by atoms with Crippen LogP contribution in [-0.2, 0) is 11.3 Å². The van der Waals surface area contributed by atoms with Gasteiger partial charge in [0.2, 0.25) is 5.91 Å². The number of carbonyl (C=O) groups excluding carboxylic acids is 3. The molecule has 4 aliphatic heterocycles. The Kier molecular flexibility index (Phi) is 10.1. The number of halogens is 1. The first kappa shape index (κ1) is 30.9. The molecular formula is C34H45BrN6O3. The van der Waals surface area contributed by atoms with Crippen molar-refractivity contribution in [2.75, 3.05) is 54.8 Å². The first-order chi connectivity index (χ1) is 21.5. The first-order valence-electron chi connectivity index (χ1n) is 16.4. The lowest BCUT2D eigenvalue weighted by Crippen LogP contribution is -2.59. The van der Waals surface area contributed by atoms with Crippen LogP contribution < -0.4 is 10.2 Å². The molecule has 0 bridgehead atoms. The van der Waals surface area contributed by atoms with Gasteiger partial charge in [-0.25, -0.2) is 9.59 Å². The molecule has 3 fully saturated rings. The highest BCUT2D eigenvalue weighted by molar-refractivity contribution is 9.09. The van der Waals surface area contributed by atoms with E-state index in [4.69, 9.17) is 0 Å². The van der Waals surface area contributed by atoms with Crippen molar-refractivity contribution in [2.24, 2.45) is 0 Å². The Hall–Kier alpha value is -3.11. The summed E-state index contributed by atoms with van der Waals surface area (Å²) in [6.07, 6.45) is 8.56. The molecule has 0 radical (unpaired) electrons. The highest BCUT2D eigenvalue weighted by atomic mass is 79.9. The number of anilines is 2. The van der Waals surface area contributed by atoms with Gasteiger partial charge in [-0.2, -0.15) is 0 Å². The fourth-order valence-electron chi connectivity index (χ4n) is 7.42. The lowest BCUT2D eigenvalue weighted by molar-refractivity contribution is -0.133. The number of alkyl halides is 1. The molecule has 0 spiro atoms. The van der Waals surface area contributed by atoms with Gasteiger partial charge in [-0.15, -0.1) is 0 Å². The summed E-state index contributed by atoms with van der Waals surface area (Å²) in [4.78, 5) is 51.3. The zero-order chi connectivity index (χ0) is 30.5. The molecule has 3 saturated heterocycles. The van der Waals surface area contributed by atoms with Crippen LogP contribution in [-0.4, -0.2) is 100 Å². The van der Waals surface area contributed by atoms with Gasteiger partial charge in [0.25, 0.3) is 0 Å². The number of amides is 5. The number of urea groups is 2. The van der Waals surface area contributed by atoms with Gasteiger partial charge in [-0.1, -0.05) is 65.2 Å². The van der Waals surface area contributed by atoms with Crippen molar-refractivity contribution >= 4 is 45.3 Å². The van der Waals surface area contributed by atoms with Crippen LogP contribution in [0.15, 0.2) is 54.6 Å². The number of piperidine rings is 2. The molecule has 2 aromatic rings. The number of carbonyl (C=O) groups is 3. The van der Waals surface area contributed by atoms with Crippen molar-refractivity contribution in [3.63, 3.8) is 0 Å². The Bertz CT molecular complexity index is 1290. The van der Waals surface area contributed by atoms with E-state index >= 15 is 0 Å². The minimum atomic E-state index is -0.637. The molecule has 1 N–H and O–H groups in total. The van der Waals surface area contributed by atoms with Gasteiger partial charge < -0.3 is 24.9 Å². The van der Waals surface area contributed by atoms with Gasteiger partial charge in [-0.3, -0.25) is 9.69 Å². The van der Waals surface area contributed by atoms with Crippen molar-refractivity contribution in [1.82, 2.24) is 19.6 Å². The summed E-state index contributed by atoms with van der Waals surface area (Å²) in [7, 11) is 0. The zero-order valence-electron chi connectivity index (χ0n) is 25.6. The minimum absolute atomic E-state index is 0.00642. The van der Waals surface area contributed by atoms with Crippen molar-refractivity contribution < 1.29 is 14.4 Å². The number of hydrogen-bond donors (Lipinski definition) is 1. The molecule has 0 unspecified atom stereocenters. The van der Waals surface area contributed by atoms with Gasteiger partial charge in [0.1, 0.15) is 6.04 Å². The van der Waals surface area contributed by atoms with Crippen LogP contribution in [0.25, 0.3) is 0 Å². The Balaban J connectivity index is 1.11. The molecule has 4 heterocycles. The van der Waals surface area contributed by atoms with E-state index in [-0.39, 0.29) is 24.0 Å². The fraction of sp³-hybridized carbons (Fsp3) is 0.559. The third-order valence-electron chi connectivity index (χ3n) is 9.95. The molecule has 0 aromatic heterocycles. The van der Waals surface area contributed by atoms with E-state index in [1.165, 1.54) is 38.8 Å². The lowest BCUT2D eigenvalue weighted by Gasteiger charge is -2.43. The van der Waals surface area contributed by atoms with E-state index in [9.17, 15) is 14.4 Å². The molecule has 5 amide bonds. The van der Waals surface area contributed by atoms with E-state index < -0.39 is 6.04 Å². The van der Waals surface area contributed by atoms with E-state index in [1.807, 2.05) is 69.3 Å². The van der Waals surface area contributed by atoms with Gasteiger partial charge in [0.05, 0.1) is 0 Å². The van der Waals surface area contributed by atoms with Crippen LogP contribution >= 0.6 is 15.9 Å². The van der Waals surface area contributed by atoms with E-state index in [2.05, 4.69) is 26.1 Å². The van der Waals surface area contributed by atoms with Crippen LogP contribution in [0.2, 0.25) is 0 Å². The topological polar surface area (TPSA) is 79.4 Å². The molecule has 6 rings (SSSR count). The number of para-hydroxylation sites is 2. The maximum Gasteiger partial charge on any atom is 0.325 e. The van der Waals surface area contributed by atoms with Gasteiger partial charge >= 0.3 is 12.1 Å². The molecule has 236 valence electrons. The van der Waals surface area contributed by atoms with Crippen LogP contribution in [0.1, 0.15) is 56.9 Å². The number of nitrogens with one attached hydrogen (secondary N) is 1. The van der Waals surface area contributed by atoms with Gasteiger partial charge in [0.15, 0.2) is 0 Å². The summed E-state index contributed by atoms with van der Waals surface area (Å²) < 4.78 is 0. The molecule has 0 saturated carbocycles. The van der Waals surface area contributed by atoms with Crippen molar-refractivity contribution in [2.45, 2.75) is 76.0 Å². The summed E-state index contributed by atoms with van der Waals surface area (Å²) in [6, 6.07) is 17.2. The molecule has 10 heteroatoms. The number of likely N-dealkylation sites (tertiary alicyclic amines) is 3. The third kappa shape index (κ3) is 6.76. The second kappa shape index (κ2) is 14.3. The van der Waals surface area contributed by atoms with Gasteiger partial charge in [-0.05, 0) is 75.4 Å². The van der Waals surface area contributed by atoms with Crippen LogP contribution in [0.3, 0.4) is 0 Å². The highest BCUT2D eigenvalue weighted by Crippen LogP contribution is 2.30. The number of hydrogen-bond acceptors (Lipinski definition) is 4. The Labute approximate surface area is 269 Å². The zero-order valence-corrected chi connectivity index (χ0v) is 27.2. The molecule has 44 heavy (non-hydrogen) atoms. The molecule has 2 aromatic carbocycles. The van der Waals surface area contributed by atoms with Crippen molar-refractivity contribution in [3.05, 3.63) is 60.2 Å². The molecule has 9 nitrogen and oxygen atoms in total. The first-order valence-corrected chi connectivity index (χ1v) is 17.5. The number of rotatable bonds is 6. The maximum atomic E-state index is 14.2. The summed E-state index contributed by atoms with van der Waals surface area (Å²) in [5.41, 5.74) is 2.70. The van der Waals surface area contributed by atoms with E-state index in [0.29, 0.717) is 43.8 Å². The molecule has 4 aliphatic rings. The normalized spacial score (nSPS) is 21.3. The number of nitrogens with zero attached hydrogens (tertiary/aromatic N) is 5. The fourth-order valence-corrected chi connectivity index (χ4v) is 7.99. The monoisotopic (exact) mass is 664 g/mol. The second-order valence-corrected chi connectivity index (χ2v) is 13.2. The SMILES string of the molecule is O=C([C@H](CBr)N(C(=O)N1CCC(N2Cc3ccccc3NC2=O)CC1)c1ccccc1)N1CCC(N2CCCCCC2)CC1. The summed E-state index contributed by atoms with van der Waals surface area (Å²) >= 11 is 3.62. The third-order valence-corrected chi connectivity index (χ3v) is 10.6. The Morgan fingerprint density at radius 3 is 2.09 bits per heavy atom. The molecular weight excluding hydrogens is 620 g/mol. The summed E-state index contributed by atoms with van der Waals surface area (Å²) in [6.45, 7) is 5.44. The minimum Gasteiger partial charge on any atom is -0.341 e. The number of benzene rings is 2. The molecule has 0 aliphatic carbocycles. The average Bonchev–Trinajstić information content (AvgIpc) is 3.37. The van der Waals surface area contributed by atoms with Crippen molar-refractivity contribution in [3.8, 4) is 0 Å². The smallest absolute Gasteiger partial charge is 0.325 e. The number of fused-ring (bicyclic) bond motifs is 1. The van der Waals surface area contributed by atoms with Crippen LogP contribution in [0.4, 0.5) is 21.0 Å². The van der Waals surface area contributed by atoms with Gasteiger partial charge in [0, 0.05) is 61.5 Å². The predicted octanol–water partition coefficient (Wildman–Crippen LogP) is 5.76. The van der Waals surface area contributed by atoms with Crippen LogP contribution in [0.5, 0.6) is 0 Å². The van der Waals surface area contributed by atoms with Crippen LogP contribution in [0, 0.1) is 0 Å². The summed E-state index contributed by atoms with van der Waals surface area (Å²) in [5, 5.41) is 3.38. The summed E-state index contributed by atoms with van der Waals surface area (Å²) in [5.74, 6) is 0.00642. The second-order valence-electron chi connectivity index (χ2n) is 12.6. The van der Waals surface area contributed by atoms with E-state index in [0.717, 1.165) is 42.9 Å². The average molecular weight is 666 g/mol. The quantitative estimate of drug-likeness (QED) is 0.399. The standard InChI is InChI=1S/C34H45BrN6O3/c35-24-31(32(42)38-20-14-27(15-21-38)37-18-8-1-2-9-19-37)41(29-11-4-3-5-12-29)34(44)39-22-16-28(17-23-39)40-25-26-10-6-7-13-30(26)36-33(40)43/h3-7,10-13,27-28,31H,1-2,8-9,14-25H2,(H,36,43)/t31-/m0/s1.